The van der Waals surface area contributed by atoms with Gasteiger partial charge < -0.3 is 9.67 Å². The number of aromatic hydroxyl groups is 1. The molecule has 3 nitrogen and oxygen atoms in total. The second-order valence-electron chi connectivity index (χ2n) is 3.25. The van der Waals surface area contributed by atoms with Gasteiger partial charge >= 0.3 is 0 Å². The van der Waals surface area contributed by atoms with Crippen molar-refractivity contribution in [2.24, 2.45) is 7.05 Å². The number of aryl methyl sites for hydroxylation is 1. The lowest BCUT2D eigenvalue weighted by molar-refractivity contribution is 0.454. The Balaban J connectivity index is 3.09. The van der Waals surface area contributed by atoms with Crippen LogP contribution in [-0.2, 0) is 11.8 Å². The van der Waals surface area contributed by atoms with Gasteiger partial charge in [0.2, 0.25) is 5.88 Å². The van der Waals surface area contributed by atoms with Crippen LogP contribution in [0.1, 0.15) is 19.7 Å². The molecule has 1 aromatic heterocycles. The molecule has 0 aliphatic carbocycles. The maximum atomic E-state index is 9.15. The molecule has 1 N–H and O–H groups in total. The van der Waals surface area contributed by atoms with Crippen LogP contribution in [0.5, 0.6) is 5.88 Å². The summed E-state index contributed by atoms with van der Waals surface area (Å²) in [6, 6.07) is 0. The molecular formula is C8H14N2OS. The summed E-state index contributed by atoms with van der Waals surface area (Å²) >= 11 is 1.71. The van der Waals surface area contributed by atoms with E-state index in [9.17, 15) is 0 Å². The lowest BCUT2D eigenvalue weighted by Gasteiger charge is -2.20. The van der Waals surface area contributed by atoms with E-state index in [-0.39, 0.29) is 10.6 Å². The van der Waals surface area contributed by atoms with Crippen LogP contribution in [0.2, 0.25) is 0 Å². The molecule has 0 unspecified atom stereocenters. The predicted molar refractivity (Wildman–Crippen MR) is 51.4 cm³/mol. The van der Waals surface area contributed by atoms with E-state index < -0.39 is 0 Å². The number of aromatic nitrogens is 2. The van der Waals surface area contributed by atoms with E-state index in [4.69, 9.17) is 5.11 Å². The molecule has 1 aromatic rings. The summed E-state index contributed by atoms with van der Waals surface area (Å²) in [5, 5.41) is 9.15. The Morgan fingerprint density at radius 1 is 1.58 bits per heavy atom. The van der Waals surface area contributed by atoms with Crippen LogP contribution in [0.4, 0.5) is 0 Å². The third-order valence-corrected chi connectivity index (χ3v) is 3.12. The quantitative estimate of drug-likeness (QED) is 0.764. The highest BCUT2D eigenvalue weighted by Gasteiger charge is 2.24. The van der Waals surface area contributed by atoms with Crippen LogP contribution in [-0.4, -0.2) is 20.9 Å². The van der Waals surface area contributed by atoms with E-state index in [1.54, 1.807) is 18.0 Å². The van der Waals surface area contributed by atoms with Crippen LogP contribution in [0.15, 0.2) is 6.20 Å². The van der Waals surface area contributed by atoms with Crippen molar-refractivity contribution in [2.75, 3.05) is 6.26 Å². The SMILES string of the molecule is CSC(C)(C)c1nc(O)cn1C. The number of nitrogens with zero attached hydrogens (tertiary/aromatic N) is 2. The van der Waals surface area contributed by atoms with Crippen molar-refractivity contribution >= 4 is 11.8 Å². The summed E-state index contributed by atoms with van der Waals surface area (Å²) in [4.78, 5) is 4.05. The molecule has 1 rings (SSSR count). The van der Waals surface area contributed by atoms with Gasteiger partial charge in [-0.25, -0.2) is 0 Å². The summed E-state index contributed by atoms with van der Waals surface area (Å²) in [6.45, 7) is 4.17. The first-order valence-corrected chi connectivity index (χ1v) is 4.98. The fourth-order valence-corrected chi connectivity index (χ4v) is 1.47. The second kappa shape index (κ2) is 3.01. The van der Waals surface area contributed by atoms with E-state index in [1.807, 2.05) is 17.9 Å². The van der Waals surface area contributed by atoms with Crippen molar-refractivity contribution in [3.05, 3.63) is 12.0 Å². The minimum atomic E-state index is -0.0459. The highest BCUT2D eigenvalue weighted by molar-refractivity contribution is 7.99. The Bertz CT molecular complexity index is 281. The van der Waals surface area contributed by atoms with Gasteiger partial charge in [0.25, 0.3) is 0 Å². The molecule has 0 saturated carbocycles. The number of hydrogen-bond donors (Lipinski definition) is 1. The van der Waals surface area contributed by atoms with Gasteiger partial charge in [0.05, 0.1) is 10.9 Å². The standard InChI is InChI=1S/C8H14N2OS/c1-8(2,12-4)7-9-6(11)5-10(7)3/h5,11H,1-4H3. The number of thioether (sulfide) groups is 1. The molecule has 12 heavy (non-hydrogen) atoms. The fraction of sp³-hybridized carbons (Fsp3) is 0.625. The molecule has 0 amide bonds. The average molecular weight is 186 g/mol. The van der Waals surface area contributed by atoms with Gasteiger partial charge in [-0.1, -0.05) is 0 Å². The van der Waals surface area contributed by atoms with Gasteiger partial charge in [-0.05, 0) is 20.1 Å². The highest BCUT2D eigenvalue weighted by atomic mass is 32.2. The molecule has 1 heterocycles. The Morgan fingerprint density at radius 3 is 2.50 bits per heavy atom. The van der Waals surface area contributed by atoms with E-state index in [2.05, 4.69) is 18.8 Å². The lowest BCUT2D eigenvalue weighted by atomic mass is 10.2. The summed E-state index contributed by atoms with van der Waals surface area (Å²) in [5.41, 5.74) is 0. The van der Waals surface area contributed by atoms with Crippen LogP contribution in [0, 0.1) is 0 Å². The molecule has 0 aromatic carbocycles. The topological polar surface area (TPSA) is 38.1 Å². The molecule has 0 saturated heterocycles. The summed E-state index contributed by atoms with van der Waals surface area (Å²) in [5.74, 6) is 0.988. The van der Waals surface area contributed by atoms with E-state index in [1.165, 1.54) is 0 Å². The first kappa shape index (κ1) is 9.45. The largest absolute Gasteiger partial charge is 0.492 e. The monoisotopic (exact) mass is 186 g/mol. The summed E-state index contributed by atoms with van der Waals surface area (Å²) in [7, 11) is 1.89. The molecule has 4 heteroatoms. The summed E-state index contributed by atoms with van der Waals surface area (Å²) < 4.78 is 1.81. The fourth-order valence-electron chi connectivity index (χ4n) is 1.10. The van der Waals surface area contributed by atoms with Gasteiger partial charge in [-0.2, -0.15) is 16.7 Å². The minimum Gasteiger partial charge on any atom is -0.492 e. The van der Waals surface area contributed by atoms with Crippen LogP contribution in [0.25, 0.3) is 0 Å². The van der Waals surface area contributed by atoms with Gasteiger partial charge in [0, 0.05) is 7.05 Å². The second-order valence-corrected chi connectivity index (χ2v) is 4.68. The zero-order chi connectivity index (χ0) is 9.35. The van der Waals surface area contributed by atoms with Crippen LogP contribution in [0.3, 0.4) is 0 Å². The highest BCUT2D eigenvalue weighted by Crippen LogP contribution is 2.33. The van der Waals surface area contributed by atoms with Crippen molar-refractivity contribution in [1.29, 1.82) is 0 Å². The van der Waals surface area contributed by atoms with E-state index in [0.29, 0.717) is 0 Å². The van der Waals surface area contributed by atoms with E-state index in [0.717, 1.165) is 5.82 Å². The summed E-state index contributed by atoms with van der Waals surface area (Å²) in [6.07, 6.45) is 3.65. The van der Waals surface area contributed by atoms with Crippen LogP contribution < -0.4 is 0 Å². The van der Waals surface area contributed by atoms with Crippen molar-refractivity contribution in [3.8, 4) is 5.88 Å². The number of imidazole rings is 1. The normalized spacial score (nSPS) is 12.0. The third kappa shape index (κ3) is 1.58. The molecule has 0 radical (unpaired) electrons. The minimum absolute atomic E-state index is 0.0459. The zero-order valence-electron chi connectivity index (χ0n) is 7.83. The van der Waals surface area contributed by atoms with Gasteiger partial charge in [0.1, 0.15) is 5.82 Å². The predicted octanol–water partition coefficient (Wildman–Crippen LogP) is 1.72. The molecule has 0 bridgehead atoms. The number of rotatable bonds is 2. The average Bonchev–Trinajstić information content (AvgIpc) is 2.31. The van der Waals surface area contributed by atoms with Gasteiger partial charge in [0.15, 0.2) is 0 Å². The molecular weight excluding hydrogens is 172 g/mol. The first-order valence-electron chi connectivity index (χ1n) is 3.75. The Hall–Kier alpha value is -0.640. The molecule has 0 aliphatic heterocycles. The Morgan fingerprint density at radius 2 is 2.17 bits per heavy atom. The first-order chi connectivity index (χ1) is 5.47. The van der Waals surface area contributed by atoms with Gasteiger partial charge in [-0.3, -0.25) is 0 Å². The molecule has 0 aliphatic rings. The van der Waals surface area contributed by atoms with Crippen molar-refractivity contribution in [3.63, 3.8) is 0 Å². The lowest BCUT2D eigenvalue weighted by Crippen LogP contribution is -2.16. The maximum absolute atomic E-state index is 9.15. The molecule has 0 fully saturated rings. The van der Waals surface area contributed by atoms with E-state index >= 15 is 0 Å². The van der Waals surface area contributed by atoms with Crippen molar-refractivity contribution in [2.45, 2.75) is 18.6 Å². The Kier molecular flexibility index (Phi) is 2.37. The zero-order valence-corrected chi connectivity index (χ0v) is 8.64. The smallest absolute Gasteiger partial charge is 0.229 e. The van der Waals surface area contributed by atoms with Crippen LogP contribution >= 0.6 is 11.8 Å². The van der Waals surface area contributed by atoms with Crippen molar-refractivity contribution < 1.29 is 5.11 Å². The Labute approximate surface area is 76.8 Å². The molecule has 68 valence electrons. The molecule has 0 atom stereocenters. The van der Waals surface area contributed by atoms with Gasteiger partial charge in [-0.15, -0.1) is 0 Å². The number of hydrogen-bond acceptors (Lipinski definition) is 3. The third-order valence-electron chi connectivity index (χ3n) is 1.91. The maximum Gasteiger partial charge on any atom is 0.229 e. The van der Waals surface area contributed by atoms with Crippen molar-refractivity contribution in [1.82, 2.24) is 9.55 Å². The molecule has 0 spiro atoms.